The first kappa shape index (κ1) is 15.6. The van der Waals surface area contributed by atoms with Gasteiger partial charge in [0.05, 0.1) is 5.56 Å². The molecule has 1 aromatic carbocycles. The second kappa shape index (κ2) is 7.31. The van der Waals surface area contributed by atoms with Crippen LogP contribution in [0.25, 0.3) is 0 Å². The van der Waals surface area contributed by atoms with Crippen molar-refractivity contribution >= 4 is 22.6 Å². The van der Waals surface area contributed by atoms with E-state index in [1.54, 1.807) is 24.3 Å². The molecule has 0 aliphatic rings. The number of ether oxygens (including phenoxy) is 1. The van der Waals surface area contributed by atoms with Crippen LogP contribution in [-0.4, -0.2) is 39.3 Å². The molecule has 1 aromatic heterocycles. The van der Waals surface area contributed by atoms with E-state index >= 15 is 0 Å². The summed E-state index contributed by atoms with van der Waals surface area (Å²) < 4.78 is 23.5. The second-order valence-electron chi connectivity index (χ2n) is 3.81. The number of amides is 1. The highest BCUT2D eigenvalue weighted by atomic mass is 32.2. The van der Waals surface area contributed by atoms with E-state index in [1.807, 2.05) is 0 Å². The molecule has 1 heterocycles. The number of oxime groups is 1. The van der Waals surface area contributed by atoms with Gasteiger partial charge in [-0.2, -0.15) is 4.98 Å². The molecule has 22 heavy (non-hydrogen) atoms. The summed E-state index contributed by atoms with van der Waals surface area (Å²) in [4.78, 5) is 20.5. The fourth-order valence-electron chi connectivity index (χ4n) is 1.54. The van der Waals surface area contributed by atoms with E-state index in [2.05, 4.69) is 24.9 Å². The molecule has 0 radical (unpaired) electrons. The Morgan fingerprint density at radius 3 is 2.82 bits per heavy atom. The Morgan fingerprint density at radius 1 is 1.41 bits per heavy atom. The molecular weight excluding hydrogens is 312 g/mol. The Bertz CT molecular complexity index is 701. The summed E-state index contributed by atoms with van der Waals surface area (Å²) in [5.41, 5.74) is 0.207. The van der Waals surface area contributed by atoms with Crippen LogP contribution in [0.5, 0.6) is 11.8 Å². The Kier molecular flexibility index (Phi) is 5.20. The standard InChI is InChI=1S/C12H12N4O5S/c1-19-15-10(11(17)16-22(2)18)8-5-3-4-6-9(8)20-12-13-7-14-21-12/h3-7H,1-2H3,(H,16,17)/b15-10+. The number of nitrogens with zero attached hydrogens (tertiary/aromatic N) is 3. The normalized spacial score (nSPS) is 12.5. The number of hydrogen-bond acceptors (Lipinski definition) is 8. The lowest BCUT2D eigenvalue weighted by Gasteiger charge is -2.09. The van der Waals surface area contributed by atoms with Gasteiger partial charge in [-0.25, -0.2) is 4.21 Å². The van der Waals surface area contributed by atoms with Crippen molar-refractivity contribution in [3.05, 3.63) is 36.2 Å². The lowest BCUT2D eigenvalue weighted by Crippen LogP contribution is -2.33. The Balaban J connectivity index is 2.37. The summed E-state index contributed by atoms with van der Waals surface area (Å²) in [7, 11) is -0.260. The highest BCUT2D eigenvalue weighted by Crippen LogP contribution is 2.24. The van der Waals surface area contributed by atoms with Crippen molar-refractivity contribution in [2.45, 2.75) is 0 Å². The van der Waals surface area contributed by atoms with Crippen LogP contribution in [0.15, 0.2) is 40.3 Å². The van der Waals surface area contributed by atoms with Gasteiger partial charge in [-0.05, 0) is 12.1 Å². The number of rotatable bonds is 6. The van der Waals surface area contributed by atoms with E-state index in [9.17, 15) is 9.00 Å². The maximum atomic E-state index is 12.1. The summed E-state index contributed by atoms with van der Waals surface area (Å²) in [6.07, 6.45) is 2.40. The van der Waals surface area contributed by atoms with E-state index in [0.717, 1.165) is 0 Å². The van der Waals surface area contributed by atoms with Crippen LogP contribution >= 0.6 is 0 Å². The van der Waals surface area contributed by atoms with Gasteiger partial charge in [0.25, 0.3) is 5.91 Å². The average molecular weight is 324 g/mol. The number of hydrogen-bond donors (Lipinski definition) is 1. The van der Waals surface area contributed by atoms with Crippen LogP contribution in [0.3, 0.4) is 0 Å². The fourth-order valence-corrected chi connectivity index (χ4v) is 1.89. The number of nitrogens with one attached hydrogen (secondary N) is 1. The Hall–Kier alpha value is -2.75. The van der Waals surface area contributed by atoms with Crippen LogP contribution in [0, 0.1) is 0 Å². The molecule has 1 amide bonds. The highest BCUT2D eigenvalue weighted by Gasteiger charge is 2.21. The van der Waals surface area contributed by atoms with E-state index in [0.29, 0.717) is 5.56 Å². The molecule has 0 bridgehead atoms. The molecule has 0 aliphatic heterocycles. The van der Waals surface area contributed by atoms with Crippen LogP contribution < -0.4 is 9.46 Å². The van der Waals surface area contributed by atoms with Crippen molar-refractivity contribution in [1.29, 1.82) is 0 Å². The lowest BCUT2D eigenvalue weighted by atomic mass is 10.1. The van der Waals surface area contributed by atoms with Crippen LogP contribution in [0.1, 0.15) is 5.56 Å². The molecule has 0 spiro atoms. The van der Waals surface area contributed by atoms with Gasteiger partial charge in [0.15, 0.2) is 12.0 Å². The zero-order valence-corrected chi connectivity index (χ0v) is 12.5. The van der Waals surface area contributed by atoms with Gasteiger partial charge in [0.2, 0.25) is 0 Å². The van der Waals surface area contributed by atoms with Gasteiger partial charge in [0, 0.05) is 6.26 Å². The molecule has 2 rings (SSSR count). The third-order valence-electron chi connectivity index (χ3n) is 2.31. The first-order valence-electron chi connectivity index (χ1n) is 5.91. The van der Waals surface area contributed by atoms with E-state index < -0.39 is 16.9 Å². The molecule has 116 valence electrons. The third-order valence-corrected chi connectivity index (χ3v) is 2.79. The molecule has 2 aromatic rings. The van der Waals surface area contributed by atoms with Crippen molar-refractivity contribution in [2.24, 2.45) is 5.16 Å². The maximum Gasteiger partial charge on any atom is 0.422 e. The predicted octanol–water partition coefficient (Wildman–Crippen LogP) is 0.622. The first-order chi connectivity index (χ1) is 10.6. The van der Waals surface area contributed by atoms with Crippen LogP contribution in [0.2, 0.25) is 0 Å². The predicted molar refractivity (Wildman–Crippen MR) is 76.6 cm³/mol. The van der Waals surface area contributed by atoms with Gasteiger partial charge in [-0.3, -0.25) is 14.0 Å². The first-order valence-corrected chi connectivity index (χ1v) is 7.47. The summed E-state index contributed by atoms with van der Waals surface area (Å²) in [5, 5.41) is 7.08. The molecular formula is C12H12N4O5S. The van der Waals surface area contributed by atoms with Crippen molar-refractivity contribution in [2.75, 3.05) is 13.4 Å². The van der Waals surface area contributed by atoms with Gasteiger partial charge < -0.3 is 9.57 Å². The largest absolute Gasteiger partial charge is 0.422 e. The fraction of sp³-hybridized carbons (Fsp3) is 0.167. The highest BCUT2D eigenvalue weighted by molar-refractivity contribution is 7.83. The maximum absolute atomic E-state index is 12.1. The van der Waals surface area contributed by atoms with Gasteiger partial charge in [-0.1, -0.05) is 22.4 Å². The Labute approximate surface area is 127 Å². The van der Waals surface area contributed by atoms with Gasteiger partial charge >= 0.3 is 6.08 Å². The lowest BCUT2D eigenvalue weighted by molar-refractivity contribution is -0.113. The van der Waals surface area contributed by atoms with Crippen molar-refractivity contribution in [3.8, 4) is 11.8 Å². The molecule has 1 N–H and O–H groups in total. The van der Waals surface area contributed by atoms with Gasteiger partial charge in [-0.15, -0.1) is 0 Å². The molecule has 0 saturated heterocycles. The summed E-state index contributed by atoms with van der Waals surface area (Å²) in [6.45, 7) is 0. The monoisotopic (exact) mass is 324 g/mol. The van der Waals surface area contributed by atoms with Crippen molar-refractivity contribution < 1.29 is 23.1 Å². The van der Waals surface area contributed by atoms with Crippen molar-refractivity contribution in [3.63, 3.8) is 0 Å². The number of carbonyl (C=O) groups is 1. The smallest absolute Gasteiger partial charge is 0.409 e. The molecule has 9 nitrogen and oxygen atoms in total. The average Bonchev–Trinajstić information content (AvgIpc) is 2.98. The number of para-hydroxylation sites is 1. The Morgan fingerprint density at radius 2 is 2.18 bits per heavy atom. The molecule has 0 aliphatic carbocycles. The zero-order valence-electron chi connectivity index (χ0n) is 11.7. The van der Waals surface area contributed by atoms with Crippen LogP contribution in [-0.2, 0) is 20.6 Å². The second-order valence-corrected chi connectivity index (χ2v) is 4.93. The summed E-state index contributed by atoms with van der Waals surface area (Å²) >= 11 is 0. The SMILES string of the molecule is CO/N=C(/C(=O)NS(C)=O)c1ccccc1Oc1ncno1. The van der Waals surface area contributed by atoms with E-state index in [1.165, 1.54) is 19.7 Å². The van der Waals surface area contributed by atoms with Crippen LogP contribution in [0.4, 0.5) is 0 Å². The summed E-state index contributed by atoms with van der Waals surface area (Å²) in [6, 6.07) is 6.54. The minimum atomic E-state index is -1.55. The molecule has 0 saturated carbocycles. The topological polar surface area (TPSA) is 116 Å². The van der Waals surface area contributed by atoms with Gasteiger partial charge in [0.1, 0.15) is 23.8 Å². The summed E-state index contributed by atoms with van der Waals surface area (Å²) in [5.74, 6) is -0.427. The quantitative estimate of drug-likeness (QED) is 0.611. The minimum absolute atomic E-state index is 0.0938. The van der Waals surface area contributed by atoms with E-state index in [4.69, 9.17) is 9.26 Å². The van der Waals surface area contributed by atoms with Crippen molar-refractivity contribution in [1.82, 2.24) is 14.9 Å². The van der Waals surface area contributed by atoms with E-state index in [-0.39, 0.29) is 17.5 Å². The number of carbonyl (C=O) groups excluding carboxylic acids is 1. The minimum Gasteiger partial charge on any atom is -0.409 e. The molecule has 10 heteroatoms. The number of benzene rings is 1. The third kappa shape index (κ3) is 3.88. The number of aromatic nitrogens is 2. The molecule has 1 unspecified atom stereocenters. The molecule has 0 fully saturated rings. The zero-order chi connectivity index (χ0) is 15.9. The molecule has 1 atom stereocenters.